The largest absolute Gasteiger partial charge is 0.444 e. The van der Waals surface area contributed by atoms with E-state index in [4.69, 9.17) is 4.74 Å². The van der Waals surface area contributed by atoms with Gasteiger partial charge in [0.05, 0.1) is 6.04 Å². The predicted octanol–water partition coefficient (Wildman–Crippen LogP) is 5.30. The molecule has 0 aliphatic carbocycles. The molecule has 2 unspecified atom stereocenters. The standard InChI is InChI=1S/C19H33NO2/c1-14(2)8-6-9-15-12-16-10-7-11-17(13-15)20(16)18(21)22-19(3,4)5/h12,14,16-17H,6-11,13H2,1-5H3. The van der Waals surface area contributed by atoms with Crippen LogP contribution >= 0.6 is 0 Å². The van der Waals surface area contributed by atoms with Gasteiger partial charge in [-0.25, -0.2) is 4.79 Å². The fourth-order valence-electron chi connectivity index (χ4n) is 3.64. The van der Waals surface area contributed by atoms with Gasteiger partial charge in [0, 0.05) is 6.04 Å². The summed E-state index contributed by atoms with van der Waals surface area (Å²) in [4.78, 5) is 14.5. The topological polar surface area (TPSA) is 29.5 Å². The van der Waals surface area contributed by atoms with Gasteiger partial charge in [-0.2, -0.15) is 0 Å². The van der Waals surface area contributed by atoms with Crippen molar-refractivity contribution in [3.8, 4) is 0 Å². The summed E-state index contributed by atoms with van der Waals surface area (Å²) >= 11 is 0. The summed E-state index contributed by atoms with van der Waals surface area (Å²) in [6, 6.07) is 0.615. The summed E-state index contributed by atoms with van der Waals surface area (Å²) in [7, 11) is 0. The first-order valence-corrected chi connectivity index (χ1v) is 8.97. The van der Waals surface area contributed by atoms with Gasteiger partial charge in [-0.1, -0.05) is 31.9 Å². The maximum atomic E-state index is 12.5. The minimum Gasteiger partial charge on any atom is -0.444 e. The molecule has 0 aromatic heterocycles. The monoisotopic (exact) mass is 307 g/mol. The summed E-state index contributed by atoms with van der Waals surface area (Å²) in [6.45, 7) is 10.4. The van der Waals surface area contributed by atoms with Crippen LogP contribution in [0.2, 0.25) is 0 Å². The first kappa shape index (κ1) is 17.4. The van der Waals surface area contributed by atoms with E-state index in [0.29, 0.717) is 6.04 Å². The fraction of sp³-hybridized carbons (Fsp3) is 0.842. The maximum Gasteiger partial charge on any atom is 0.411 e. The number of ether oxygens (including phenoxy) is 1. The van der Waals surface area contributed by atoms with Crippen LogP contribution in [0.25, 0.3) is 0 Å². The molecule has 2 aliphatic heterocycles. The van der Waals surface area contributed by atoms with Crippen LogP contribution in [0.15, 0.2) is 11.6 Å². The Morgan fingerprint density at radius 3 is 2.68 bits per heavy atom. The average Bonchev–Trinajstić information content (AvgIpc) is 2.34. The molecule has 0 radical (unpaired) electrons. The molecule has 0 spiro atoms. The zero-order valence-corrected chi connectivity index (χ0v) is 15.0. The Bertz CT molecular complexity index is 420. The van der Waals surface area contributed by atoms with Crippen LogP contribution in [-0.4, -0.2) is 28.7 Å². The molecule has 2 aliphatic rings. The summed E-state index contributed by atoms with van der Waals surface area (Å²) in [5.74, 6) is 0.780. The van der Waals surface area contributed by atoms with E-state index < -0.39 is 5.60 Å². The average molecular weight is 307 g/mol. The number of fused-ring (bicyclic) bond motifs is 2. The van der Waals surface area contributed by atoms with Gasteiger partial charge in [0.25, 0.3) is 0 Å². The van der Waals surface area contributed by atoms with Crippen LogP contribution < -0.4 is 0 Å². The van der Waals surface area contributed by atoms with E-state index in [1.807, 2.05) is 25.7 Å². The number of nitrogens with zero attached hydrogens (tertiary/aromatic N) is 1. The van der Waals surface area contributed by atoms with Crippen LogP contribution in [0.5, 0.6) is 0 Å². The fourth-order valence-corrected chi connectivity index (χ4v) is 3.64. The van der Waals surface area contributed by atoms with Crippen molar-refractivity contribution in [1.82, 2.24) is 4.90 Å². The number of hydrogen-bond donors (Lipinski definition) is 0. The molecule has 22 heavy (non-hydrogen) atoms. The minimum absolute atomic E-state index is 0.125. The highest BCUT2D eigenvalue weighted by molar-refractivity contribution is 5.70. The molecule has 1 amide bonds. The molecule has 1 saturated heterocycles. The van der Waals surface area contributed by atoms with Crippen molar-refractivity contribution in [1.29, 1.82) is 0 Å². The van der Waals surface area contributed by atoms with Gasteiger partial charge in [-0.3, -0.25) is 4.90 Å². The molecule has 3 heteroatoms. The highest BCUT2D eigenvalue weighted by Crippen LogP contribution is 2.36. The molecule has 2 bridgehead atoms. The first-order chi connectivity index (χ1) is 10.3. The SMILES string of the molecule is CC(C)CCCC1=CC2CCCC(C1)N2C(=O)OC(C)(C)C. The predicted molar refractivity (Wildman–Crippen MR) is 90.9 cm³/mol. The lowest BCUT2D eigenvalue weighted by Crippen LogP contribution is -2.53. The third-order valence-corrected chi connectivity index (χ3v) is 4.60. The zero-order valence-electron chi connectivity index (χ0n) is 15.0. The number of rotatable bonds is 4. The smallest absolute Gasteiger partial charge is 0.411 e. The normalized spacial score (nSPS) is 25.2. The highest BCUT2D eigenvalue weighted by atomic mass is 16.6. The summed E-state index contributed by atoms with van der Waals surface area (Å²) in [5.41, 5.74) is 1.15. The van der Waals surface area contributed by atoms with Crippen molar-refractivity contribution in [2.24, 2.45) is 5.92 Å². The number of hydrogen-bond acceptors (Lipinski definition) is 2. The van der Waals surface area contributed by atoms with Gasteiger partial charge in [0.1, 0.15) is 5.60 Å². The molecular formula is C19H33NO2. The van der Waals surface area contributed by atoms with Crippen molar-refractivity contribution >= 4 is 6.09 Å². The molecule has 0 aromatic carbocycles. The van der Waals surface area contributed by atoms with E-state index in [1.54, 1.807) is 5.57 Å². The number of carbonyl (C=O) groups is 1. The van der Waals surface area contributed by atoms with Gasteiger partial charge in [-0.15, -0.1) is 0 Å². The Morgan fingerprint density at radius 1 is 1.36 bits per heavy atom. The number of piperidine rings is 1. The highest BCUT2D eigenvalue weighted by Gasteiger charge is 2.38. The third kappa shape index (κ3) is 4.76. The van der Waals surface area contributed by atoms with E-state index in [-0.39, 0.29) is 12.1 Å². The minimum atomic E-state index is -0.410. The van der Waals surface area contributed by atoms with Crippen LogP contribution in [0.4, 0.5) is 4.79 Å². The van der Waals surface area contributed by atoms with Crippen LogP contribution in [-0.2, 0) is 4.74 Å². The summed E-state index contributed by atoms with van der Waals surface area (Å²) in [5, 5.41) is 0. The van der Waals surface area contributed by atoms with Gasteiger partial charge in [0.2, 0.25) is 0 Å². The van der Waals surface area contributed by atoms with E-state index in [2.05, 4.69) is 19.9 Å². The summed E-state index contributed by atoms with van der Waals surface area (Å²) in [6.07, 6.45) is 10.5. The van der Waals surface area contributed by atoms with E-state index in [9.17, 15) is 4.79 Å². The molecule has 126 valence electrons. The zero-order chi connectivity index (χ0) is 16.3. The van der Waals surface area contributed by atoms with Gasteiger partial charge in [0.15, 0.2) is 0 Å². The second kappa shape index (κ2) is 7.06. The van der Waals surface area contributed by atoms with Crippen molar-refractivity contribution in [2.75, 3.05) is 0 Å². The van der Waals surface area contributed by atoms with E-state index in [1.165, 1.54) is 25.7 Å². The van der Waals surface area contributed by atoms with Gasteiger partial charge < -0.3 is 4.74 Å². The first-order valence-electron chi connectivity index (χ1n) is 8.97. The molecular weight excluding hydrogens is 274 g/mol. The summed E-state index contributed by atoms with van der Waals surface area (Å²) < 4.78 is 5.62. The van der Waals surface area contributed by atoms with Crippen molar-refractivity contribution in [2.45, 2.75) is 97.2 Å². The lowest BCUT2D eigenvalue weighted by Gasteiger charge is -2.45. The Balaban J connectivity index is 2.00. The number of carbonyl (C=O) groups excluding carboxylic acids is 1. The van der Waals surface area contributed by atoms with Crippen molar-refractivity contribution < 1.29 is 9.53 Å². The Kier molecular flexibility index (Phi) is 5.57. The molecule has 1 fully saturated rings. The molecule has 0 N–H and O–H groups in total. The molecule has 3 nitrogen and oxygen atoms in total. The molecule has 2 atom stereocenters. The van der Waals surface area contributed by atoms with Gasteiger partial charge in [-0.05, 0) is 65.2 Å². The van der Waals surface area contributed by atoms with Crippen LogP contribution in [0, 0.1) is 5.92 Å². The Morgan fingerprint density at radius 2 is 2.09 bits per heavy atom. The van der Waals surface area contributed by atoms with Gasteiger partial charge >= 0.3 is 6.09 Å². The molecule has 2 rings (SSSR count). The van der Waals surface area contributed by atoms with E-state index >= 15 is 0 Å². The molecule has 0 aromatic rings. The quantitative estimate of drug-likeness (QED) is 0.659. The lowest BCUT2D eigenvalue weighted by molar-refractivity contribution is -0.00159. The van der Waals surface area contributed by atoms with Crippen LogP contribution in [0.1, 0.15) is 79.6 Å². The van der Waals surface area contributed by atoms with Crippen molar-refractivity contribution in [3.05, 3.63) is 11.6 Å². The lowest BCUT2D eigenvalue weighted by atomic mass is 9.83. The van der Waals surface area contributed by atoms with Crippen LogP contribution in [0.3, 0.4) is 0 Å². The second-order valence-corrected chi connectivity index (χ2v) is 8.35. The van der Waals surface area contributed by atoms with E-state index in [0.717, 1.165) is 25.2 Å². The molecule has 2 heterocycles. The van der Waals surface area contributed by atoms with Crippen molar-refractivity contribution in [3.63, 3.8) is 0 Å². The second-order valence-electron chi connectivity index (χ2n) is 8.35. The Hall–Kier alpha value is -0.990. The third-order valence-electron chi connectivity index (χ3n) is 4.60. The molecule has 0 saturated carbocycles. The number of amides is 1. The Labute approximate surface area is 136 Å². The maximum absolute atomic E-state index is 12.5.